The first-order chi connectivity index (χ1) is 12.7. The van der Waals surface area contributed by atoms with Crippen molar-refractivity contribution in [3.05, 3.63) is 58.1 Å². The standard InChI is InChI=1S/C20H21N3O2S/c1-14-9-12-26-18(14)20(24)23-10-7-15(8-11-23)13-17-21-19(22-25-17)16-5-3-2-4-6-16/h2-6,9,12,15H,7-8,10-11,13H2,1H3. The molecule has 6 heteroatoms. The van der Waals surface area contributed by atoms with E-state index in [9.17, 15) is 4.79 Å². The summed E-state index contributed by atoms with van der Waals surface area (Å²) in [6.07, 6.45) is 2.72. The SMILES string of the molecule is Cc1ccsc1C(=O)N1CCC(Cc2nc(-c3ccccc3)no2)CC1. The Morgan fingerprint density at radius 2 is 2.00 bits per heavy atom. The van der Waals surface area contributed by atoms with Gasteiger partial charge >= 0.3 is 0 Å². The fourth-order valence-electron chi connectivity index (χ4n) is 3.36. The van der Waals surface area contributed by atoms with Crippen LogP contribution in [0.2, 0.25) is 0 Å². The summed E-state index contributed by atoms with van der Waals surface area (Å²) in [7, 11) is 0. The normalized spacial score (nSPS) is 15.3. The molecule has 1 saturated heterocycles. The van der Waals surface area contributed by atoms with Crippen LogP contribution in [0.1, 0.15) is 34.0 Å². The highest BCUT2D eigenvalue weighted by Gasteiger charge is 2.26. The van der Waals surface area contributed by atoms with E-state index in [4.69, 9.17) is 4.52 Å². The molecule has 2 aromatic heterocycles. The second kappa shape index (κ2) is 7.41. The molecule has 1 aliphatic heterocycles. The zero-order valence-corrected chi connectivity index (χ0v) is 15.5. The Labute approximate surface area is 156 Å². The quantitative estimate of drug-likeness (QED) is 0.693. The Balaban J connectivity index is 1.34. The minimum absolute atomic E-state index is 0.167. The number of amides is 1. The van der Waals surface area contributed by atoms with Gasteiger partial charge in [0.15, 0.2) is 0 Å². The van der Waals surface area contributed by atoms with Gasteiger partial charge in [-0.05, 0) is 42.7 Å². The summed E-state index contributed by atoms with van der Waals surface area (Å²) in [5.74, 6) is 1.97. The van der Waals surface area contributed by atoms with Gasteiger partial charge in [-0.3, -0.25) is 4.79 Å². The number of hydrogen-bond acceptors (Lipinski definition) is 5. The largest absolute Gasteiger partial charge is 0.339 e. The van der Waals surface area contributed by atoms with Crippen LogP contribution in [0.3, 0.4) is 0 Å². The summed E-state index contributed by atoms with van der Waals surface area (Å²) in [6.45, 7) is 3.58. The van der Waals surface area contributed by atoms with E-state index in [1.54, 1.807) is 0 Å². The molecule has 5 nitrogen and oxygen atoms in total. The number of aromatic nitrogens is 2. The summed E-state index contributed by atoms with van der Waals surface area (Å²) < 4.78 is 5.43. The lowest BCUT2D eigenvalue weighted by Gasteiger charge is -2.31. The molecule has 134 valence electrons. The number of carbonyl (C=O) groups excluding carboxylic acids is 1. The molecule has 0 aliphatic carbocycles. The number of likely N-dealkylation sites (tertiary alicyclic amines) is 1. The van der Waals surface area contributed by atoms with Crippen molar-refractivity contribution >= 4 is 17.2 Å². The van der Waals surface area contributed by atoms with E-state index in [2.05, 4.69) is 10.1 Å². The maximum absolute atomic E-state index is 12.6. The van der Waals surface area contributed by atoms with Crippen LogP contribution in [0.4, 0.5) is 0 Å². The molecule has 0 spiro atoms. The van der Waals surface area contributed by atoms with Crippen LogP contribution < -0.4 is 0 Å². The topological polar surface area (TPSA) is 59.2 Å². The molecule has 0 atom stereocenters. The number of benzene rings is 1. The zero-order chi connectivity index (χ0) is 17.9. The molecule has 1 aliphatic rings. The smallest absolute Gasteiger partial charge is 0.264 e. The van der Waals surface area contributed by atoms with E-state index in [0.717, 1.165) is 48.4 Å². The van der Waals surface area contributed by atoms with Gasteiger partial charge in [0.05, 0.1) is 4.88 Å². The van der Waals surface area contributed by atoms with Crippen molar-refractivity contribution in [1.82, 2.24) is 15.0 Å². The number of thiophene rings is 1. The lowest BCUT2D eigenvalue weighted by Crippen LogP contribution is -2.38. The Bertz CT molecular complexity index is 879. The van der Waals surface area contributed by atoms with Crippen LogP contribution in [0.5, 0.6) is 0 Å². The highest BCUT2D eigenvalue weighted by molar-refractivity contribution is 7.12. The molecule has 0 bridgehead atoms. The van der Waals surface area contributed by atoms with Crippen molar-refractivity contribution in [3.8, 4) is 11.4 Å². The number of piperidine rings is 1. The monoisotopic (exact) mass is 367 g/mol. The first kappa shape index (κ1) is 17.0. The Morgan fingerprint density at radius 3 is 2.69 bits per heavy atom. The average molecular weight is 367 g/mol. The first-order valence-corrected chi connectivity index (χ1v) is 9.80. The summed E-state index contributed by atoms with van der Waals surface area (Å²) in [6, 6.07) is 11.9. The molecule has 1 amide bonds. The lowest BCUT2D eigenvalue weighted by atomic mass is 9.93. The molecular formula is C20H21N3O2S. The summed E-state index contributed by atoms with van der Waals surface area (Å²) in [5, 5.41) is 6.07. The summed E-state index contributed by atoms with van der Waals surface area (Å²) in [5.41, 5.74) is 2.04. The molecule has 3 aromatic rings. The van der Waals surface area contributed by atoms with Crippen molar-refractivity contribution in [2.24, 2.45) is 5.92 Å². The maximum atomic E-state index is 12.6. The van der Waals surface area contributed by atoms with E-state index in [1.807, 2.05) is 53.6 Å². The fraction of sp³-hybridized carbons (Fsp3) is 0.350. The third-order valence-electron chi connectivity index (χ3n) is 4.92. The van der Waals surface area contributed by atoms with Crippen molar-refractivity contribution in [1.29, 1.82) is 0 Å². The third kappa shape index (κ3) is 3.55. The number of rotatable bonds is 4. The fourth-order valence-corrected chi connectivity index (χ4v) is 4.26. The molecule has 3 heterocycles. The van der Waals surface area contributed by atoms with E-state index in [-0.39, 0.29) is 5.91 Å². The minimum Gasteiger partial charge on any atom is -0.339 e. The van der Waals surface area contributed by atoms with Gasteiger partial charge in [-0.1, -0.05) is 35.5 Å². The number of carbonyl (C=O) groups is 1. The van der Waals surface area contributed by atoms with Gasteiger partial charge in [0, 0.05) is 25.1 Å². The van der Waals surface area contributed by atoms with Gasteiger partial charge in [0.2, 0.25) is 11.7 Å². The minimum atomic E-state index is 0.167. The van der Waals surface area contributed by atoms with Crippen LogP contribution in [0.25, 0.3) is 11.4 Å². The lowest BCUT2D eigenvalue weighted by molar-refractivity contribution is 0.0691. The molecule has 0 radical (unpaired) electrons. The maximum Gasteiger partial charge on any atom is 0.264 e. The molecule has 4 rings (SSSR count). The molecule has 1 fully saturated rings. The van der Waals surface area contributed by atoms with Gasteiger partial charge < -0.3 is 9.42 Å². The van der Waals surface area contributed by atoms with Gasteiger partial charge in [-0.25, -0.2) is 0 Å². The Kier molecular flexibility index (Phi) is 4.84. The third-order valence-corrected chi connectivity index (χ3v) is 5.93. The summed E-state index contributed by atoms with van der Waals surface area (Å²) in [4.78, 5) is 20.0. The van der Waals surface area contributed by atoms with Gasteiger partial charge in [-0.15, -0.1) is 11.3 Å². The van der Waals surface area contributed by atoms with Gasteiger partial charge in [0.1, 0.15) is 0 Å². The molecule has 0 saturated carbocycles. The van der Waals surface area contributed by atoms with Crippen molar-refractivity contribution in [2.75, 3.05) is 13.1 Å². The van der Waals surface area contributed by atoms with Gasteiger partial charge in [-0.2, -0.15) is 4.98 Å². The second-order valence-corrected chi connectivity index (χ2v) is 7.67. The predicted octanol–water partition coefficient (Wildman–Crippen LogP) is 4.20. The molecular weight excluding hydrogens is 346 g/mol. The van der Waals surface area contributed by atoms with E-state index in [1.165, 1.54) is 11.3 Å². The zero-order valence-electron chi connectivity index (χ0n) is 14.7. The van der Waals surface area contributed by atoms with Crippen molar-refractivity contribution in [2.45, 2.75) is 26.2 Å². The summed E-state index contributed by atoms with van der Waals surface area (Å²) >= 11 is 1.53. The van der Waals surface area contributed by atoms with Gasteiger partial charge in [0.25, 0.3) is 5.91 Å². The van der Waals surface area contributed by atoms with E-state index >= 15 is 0 Å². The molecule has 26 heavy (non-hydrogen) atoms. The van der Waals surface area contributed by atoms with Crippen LogP contribution in [0.15, 0.2) is 46.3 Å². The van der Waals surface area contributed by atoms with E-state index < -0.39 is 0 Å². The number of hydrogen-bond donors (Lipinski definition) is 0. The predicted molar refractivity (Wildman–Crippen MR) is 101 cm³/mol. The Hall–Kier alpha value is -2.47. The highest BCUT2D eigenvalue weighted by Crippen LogP contribution is 2.25. The van der Waals surface area contributed by atoms with Crippen LogP contribution in [0, 0.1) is 12.8 Å². The first-order valence-electron chi connectivity index (χ1n) is 8.92. The second-order valence-electron chi connectivity index (χ2n) is 6.75. The number of aryl methyl sites for hydroxylation is 1. The van der Waals surface area contributed by atoms with Crippen LogP contribution in [-0.4, -0.2) is 34.0 Å². The molecule has 0 N–H and O–H groups in total. The Morgan fingerprint density at radius 1 is 1.23 bits per heavy atom. The average Bonchev–Trinajstić information content (AvgIpc) is 3.32. The molecule has 0 unspecified atom stereocenters. The van der Waals surface area contributed by atoms with E-state index in [0.29, 0.717) is 17.6 Å². The van der Waals surface area contributed by atoms with Crippen LogP contribution >= 0.6 is 11.3 Å². The highest BCUT2D eigenvalue weighted by atomic mass is 32.1. The van der Waals surface area contributed by atoms with Crippen LogP contribution in [-0.2, 0) is 6.42 Å². The molecule has 1 aromatic carbocycles. The van der Waals surface area contributed by atoms with Crippen molar-refractivity contribution in [3.63, 3.8) is 0 Å². The number of nitrogens with zero attached hydrogens (tertiary/aromatic N) is 3. The van der Waals surface area contributed by atoms with Crippen molar-refractivity contribution < 1.29 is 9.32 Å².